The number of halogens is 2. The third kappa shape index (κ3) is 2.47. The van der Waals surface area contributed by atoms with E-state index in [0.717, 1.165) is 0 Å². The van der Waals surface area contributed by atoms with Gasteiger partial charge in [0.05, 0.1) is 27.5 Å². The highest BCUT2D eigenvalue weighted by Crippen LogP contribution is 2.26. The first-order valence-electron chi connectivity index (χ1n) is 6.47. The number of aromatic nitrogens is 2. The molecule has 0 unspecified atom stereocenters. The zero-order valence-electron chi connectivity index (χ0n) is 11.3. The third-order valence-electron chi connectivity index (χ3n) is 3.25. The molecule has 0 saturated heterocycles. The lowest BCUT2D eigenvalue weighted by Gasteiger charge is -2.07. The number of nitrogens with zero attached hydrogens (tertiary/aromatic N) is 2. The third-order valence-corrected chi connectivity index (χ3v) is 3.90. The Hall–Kier alpha value is -2.30. The van der Waals surface area contributed by atoms with Gasteiger partial charge in [0.25, 0.3) is 0 Å². The molecule has 0 amide bonds. The fourth-order valence-corrected chi connectivity index (χ4v) is 2.58. The number of nitrogen functional groups attached to an aromatic ring is 1. The highest BCUT2D eigenvalue weighted by atomic mass is 35.5. The Morgan fingerprint density at radius 1 is 0.955 bits per heavy atom. The first-order valence-corrected chi connectivity index (χ1v) is 7.23. The molecule has 0 aliphatic carbocycles. The van der Waals surface area contributed by atoms with Crippen molar-refractivity contribution in [3.63, 3.8) is 0 Å². The van der Waals surface area contributed by atoms with Gasteiger partial charge in [-0.1, -0.05) is 47.5 Å². The van der Waals surface area contributed by atoms with Gasteiger partial charge in [-0.2, -0.15) is 5.10 Å². The van der Waals surface area contributed by atoms with Gasteiger partial charge < -0.3 is 5.73 Å². The Labute approximate surface area is 137 Å². The van der Waals surface area contributed by atoms with Crippen molar-refractivity contribution in [3.8, 4) is 5.69 Å². The standard InChI is InChI=1S/C16H11Cl2N3O/c17-12-6-2-1-5-10(12)15(22)11-9-20-21(16(11)19)14-8-4-3-7-13(14)18/h1-9H,19H2. The van der Waals surface area contributed by atoms with Crippen LogP contribution in [0, 0.1) is 0 Å². The molecular weight excluding hydrogens is 321 g/mol. The maximum atomic E-state index is 12.6. The van der Waals surface area contributed by atoms with Crippen LogP contribution in [0.1, 0.15) is 15.9 Å². The summed E-state index contributed by atoms with van der Waals surface area (Å²) in [6, 6.07) is 13.9. The number of anilines is 1. The van der Waals surface area contributed by atoms with Crippen LogP contribution in [0.15, 0.2) is 54.7 Å². The van der Waals surface area contributed by atoms with E-state index in [-0.39, 0.29) is 17.2 Å². The van der Waals surface area contributed by atoms with Crippen LogP contribution in [0.4, 0.5) is 5.82 Å². The van der Waals surface area contributed by atoms with Crippen molar-refractivity contribution in [2.75, 3.05) is 5.73 Å². The molecule has 4 nitrogen and oxygen atoms in total. The molecule has 3 aromatic rings. The lowest BCUT2D eigenvalue weighted by molar-refractivity contribution is 0.103. The van der Waals surface area contributed by atoms with Crippen molar-refractivity contribution >= 4 is 34.8 Å². The molecule has 0 spiro atoms. The van der Waals surface area contributed by atoms with E-state index in [1.807, 2.05) is 6.07 Å². The second-order valence-electron chi connectivity index (χ2n) is 4.62. The maximum absolute atomic E-state index is 12.6. The molecule has 0 saturated carbocycles. The minimum atomic E-state index is -0.276. The van der Waals surface area contributed by atoms with Crippen molar-refractivity contribution in [1.82, 2.24) is 9.78 Å². The number of carbonyl (C=O) groups is 1. The monoisotopic (exact) mass is 331 g/mol. The normalized spacial score (nSPS) is 10.6. The van der Waals surface area contributed by atoms with Crippen LogP contribution in [0.25, 0.3) is 5.69 Å². The Kier molecular flexibility index (Phi) is 3.88. The van der Waals surface area contributed by atoms with Gasteiger partial charge in [0.1, 0.15) is 5.82 Å². The molecule has 0 aliphatic heterocycles. The molecule has 6 heteroatoms. The summed E-state index contributed by atoms with van der Waals surface area (Å²) in [6.07, 6.45) is 1.42. The molecule has 22 heavy (non-hydrogen) atoms. The molecule has 0 radical (unpaired) electrons. The predicted molar refractivity (Wildman–Crippen MR) is 87.9 cm³/mol. The van der Waals surface area contributed by atoms with Gasteiger partial charge in [-0.3, -0.25) is 4.79 Å². The van der Waals surface area contributed by atoms with Gasteiger partial charge in [0.2, 0.25) is 0 Å². The molecule has 0 fully saturated rings. The number of ketones is 1. The quantitative estimate of drug-likeness (QED) is 0.738. The van der Waals surface area contributed by atoms with Gasteiger partial charge in [-0.25, -0.2) is 4.68 Å². The lowest BCUT2D eigenvalue weighted by atomic mass is 10.1. The summed E-state index contributed by atoms with van der Waals surface area (Å²) < 4.78 is 1.44. The van der Waals surface area contributed by atoms with E-state index < -0.39 is 0 Å². The van der Waals surface area contributed by atoms with E-state index in [4.69, 9.17) is 28.9 Å². The van der Waals surface area contributed by atoms with Crippen LogP contribution in [0.5, 0.6) is 0 Å². The molecule has 110 valence electrons. The van der Waals surface area contributed by atoms with Crippen molar-refractivity contribution in [1.29, 1.82) is 0 Å². The summed E-state index contributed by atoms with van der Waals surface area (Å²) in [7, 11) is 0. The van der Waals surface area contributed by atoms with E-state index in [9.17, 15) is 4.79 Å². The van der Waals surface area contributed by atoms with Gasteiger partial charge in [0, 0.05) is 5.56 Å². The van der Waals surface area contributed by atoms with Crippen LogP contribution >= 0.6 is 23.2 Å². The first kappa shape index (κ1) is 14.6. The van der Waals surface area contributed by atoms with Crippen molar-refractivity contribution in [2.24, 2.45) is 0 Å². The number of rotatable bonds is 3. The zero-order chi connectivity index (χ0) is 15.7. The molecule has 2 aromatic carbocycles. The van der Waals surface area contributed by atoms with Gasteiger partial charge >= 0.3 is 0 Å². The summed E-state index contributed by atoms with van der Waals surface area (Å²) in [6.45, 7) is 0. The average Bonchev–Trinajstić information content (AvgIpc) is 2.89. The van der Waals surface area contributed by atoms with Gasteiger partial charge in [-0.15, -0.1) is 0 Å². The van der Waals surface area contributed by atoms with Gasteiger partial charge in [-0.05, 0) is 24.3 Å². The minimum Gasteiger partial charge on any atom is -0.383 e. The summed E-state index contributed by atoms with van der Waals surface area (Å²) in [5.41, 5.74) is 7.35. The minimum absolute atomic E-state index is 0.220. The highest BCUT2D eigenvalue weighted by molar-refractivity contribution is 6.35. The molecule has 1 heterocycles. The number of hydrogen-bond donors (Lipinski definition) is 1. The second kappa shape index (κ2) is 5.83. The maximum Gasteiger partial charge on any atom is 0.199 e. The van der Waals surface area contributed by atoms with Crippen LogP contribution in [0.3, 0.4) is 0 Å². The lowest BCUT2D eigenvalue weighted by Crippen LogP contribution is -2.08. The van der Waals surface area contributed by atoms with Crippen LogP contribution < -0.4 is 5.73 Å². The van der Waals surface area contributed by atoms with Crippen molar-refractivity contribution < 1.29 is 4.79 Å². The Balaban J connectivity index is 2.07. The summed E-state index contributed by atoms with van der Waals surface area (Å²) >= 11 is 12.2. The SMILES string of the molecule is Nc1c(C(=O)c2ccccc2Cl)cnn1-c1ccccc1Cl. The topological polar surface area (TPSA) is 60.9 Å². The smallest absolute Gasteiger partial charge is 0.199 e. The summed E-state index contributed by atoms with van der Waals surface area (Å²) in [5.74, 6) is -0.0561. The molecule has 2 N–H and O–H groups in total. The fourth-order valence-electron chi connectivity index (χ4n) is 2.14. The average molecular weight is 332 g/mol. The summed E-state index contributed by atoms with van der Waals surface area (Å²) in [4.78, 5) is 12.6. The van der Waals surface area contributed by atoms with Crippen molar-refractivity contribution in [3.05, 3.63) is 75.9 Å². The Bertz CT molecular complexity index is 858. The molecule has 0 bridgehead atoms. The molecular formula is C16H11Cl2N3O. The predicted octanol–water partition coefficient (Wildman–Crippen LogP) is 3.99. The van der Waals surface area contributed by atoms with E-state index in [1.54, 1.807) is 42.5 Å². The van der Waals surface area contributed by atoms with Crippen LogP contribution in [-0.4, -0.2) is 15.6 Å². The molecule has 1 aromatic heterocycles. The van der Waals surface area contributed by atoms with E-state index in [1.165, 1.54) is 10.9 Å². The molecule has 0 atom stereocenters. The van der Waals surface area contributed by atoms with Gasteiger partial charge in [0.15, 0.2) is 5.78 Å². The van der Waals surface area contributed by atoms with Crippen LogP contribution in [0.2, 0.25) is 10.0 Å². The molecule has 0 aliphatic rings. The number of benzene rings is 2. The number of nitrogens with two attached hydrogens (primary N) is 1. The van der Waals surface area contributed by atoms with E-state index in [0.29, 0.717) is 21.3 Å². The summed E-state index contributed by atoms with van der Waals surface area (Å²) in [5, 5.41) is 5.03. The molecule has 3 rings (SSSR count). The second-order valence-corrected chi connectivity index (χ2v) is 5.43. The van der Waals surface area contributed by atoms with E-state index in [2.05, 4.69) is 5.10 Å². The number of carbonyl (C=O) groups excluding carboxylic acids is 1. The number of hydrogen-bond acceptors (Lipinski definition) is 3. The fraction of sp³-hybridized carbons (Fsp3) is 0. The zero-order valence-corrected chi connectivity index (χ0v) is 12.8. The largest absolute Gasteiger partial charge is 0.383 e. The Morgan fingerprint density at radius 3 is 2.27 bits per heavy atom. The van der Waals surface area contributed by atoms with Crippen molar-refractivity contribution in [2.45, 2.75) is 0 Å². The number of para-hydroxylation sites is 1. The van der Waals surface area contributed by atoms with Crippen LogP contribution in [-0.2, 0) is 0 Å². The van der Waals surface area contributed by atoms with E-state index >= 15 is 0 Å². The Morgan fingerprint density at radius 2 is 1.59 bits per heavy atom. The first-order chi connectivity index (χ1) is 10.6. The highest BCUT2D eigenvalue weighted by Gasteiger charge is 2.20.